The average molecular weight is 536 g/mol. The summed E-state index contributed by atoms with van der Waals surface area (Å²) in [6.45, 7) is 9.90. The molecular weight excluding hydrogens is 502 g/mol. The number of ether oxygens (including phenoxy) is 1. The van der Waals surface area contributed by atoms with Gasteiger partial charge in [-0.2, -0.15) is 0 Å². The Morgan fingerprint density at radius 2 is 2.03 bits per heavy atom. The zero-order chi connectivity index (χ0) is 27.1. The maximum atomic E-state index is 9.06. The van der Waals surface area contributed by atoms with Crippen molar-refractivity contribution in [1.82, 2.24) is 29.4 Å². The number of aldehydes is 1. The van der Waals surface area contributed by atoms with Crippen molar-refractivity contribution in [1.29, 1.82) is 0 Å². The number of carbonyl (C=O) groups is 1. The first-order chi connectivity index (χ1) is 18.4. The highest BCUT2D eigenvalue weighted by Crippen LogP contribution is 2.36. The molecule has 3 aromatic heterocycles. The van der Waals surface area contributed by atoms with Gasteiger partial charge in [-0.15, -0.1) is 0 Å². The molecule has 0 bridgehead atoms. The minimum absolute atomic E-state index is 0.363. The fourth-order valence-electron chi connectivity index (χ4n) is 4.44. The van der Waals surface area contributed by atoms with E-state index in [0.717, 1.165) is 54.2 Å². The lowest BCUT2D eigenvalue weighted by Gasteiger charge is -2.28. The zero-order valence-corrected chi connectivity index (χ0v) is 22.8. The molecule has 0 saturated carbocycles. The van der Waals surface area contributed by atoms with Crippen LogP contribution in [0.4, 0.5) is 11.5 Å². The SMILES string of the molecule is C=CC=O.CC(C)n1cnc(COc2ccc(Nc3ncnc4[nH]cc(C5CCN(C)CC5)c34)cc2Cl)c1. The van der Waals surface area contributed by atoms with Crippen LogP contribution in [-0.4, -0.2) is 55.8 Å². The lowest BCUT2D eigenvalue weighted by molar-refractivity contribution is -0.104. The van der Waals surface area contributed by atoms with Crippen LogP contribution in [0.2, 0.25) is 5.02 Å². The number of halogens is 1. The average Bonchev–Trinajstić information content (AvgIpc) is 3.57. The Bertz CT molecular complexity index is 1370. The fourth-order valence-corrected chi connectivity index (χ4v) is 4.68. The van der Waals surface area contributed by atoms with Gasteiger partial charge in [-0.25, -0.2) is 15.0 Å². The third-order valence-electron chi connectivity index (χ3n) is 6.58. The molecular formula is C28H34ClN7O2. The molecule has 1 fully saturated rings. The molecule has 1 aliphatic heterocycles. The van der Waals surface area contributed by atoms with E-state index in [2.05, 4.69) is 68.4 Å². The second-order valence-corrected chi connectivity index (χ2v) is 10.0. The number of hydrogen-bond donors (Lipinski definition) is 2. The van der Waals surface area contributed by atoms with E-state index < -0.39 is 0 Å². The third-order valence-corrected chi connectivity index (χ3v) is 6.87. The number of nitrogens with one attached hydrogen (secondary N) is 2. The highest BCUT2D eigenvalue weighted by atomic mass is 35.5. The number of fused-ring (bicyclic) bond motifs is 1. The van der Waals surface area contributed by atoms with E-state index in [1.54, 1.807) is 6.33 Å². The van der Waals surface area contributed by atoms with Gasteiger partial charge in [0.2, 0.25) is 0 Å². The minimum atomic E-state index is 0.363. The molecule has 0 unspecified atom stereocenters. The first-order valence-electron chi connectivity index (χ1n) is 12.7. The number of piperidine rings is 1. The molecule has 1 aliphatic rings. The molecule has 0 aliphatic carbocycles. The third kappa shape index (κ3) is 6.59. The number of hydrogen-bond acceptors (Lipinski definition) is 7. The fraction of sp³-hybridized carbons (Fsp3) is 0.357. The summed E-state index contributed by atoms with van der Waals surface area (Å²) in [6.07, 6.45) is 11.6. The Morgan fingerprint density at radius 1 is 1.26 bits per heavy atom. The van der Waals surface area contributed by atoms with E-state index in [0.29, 0.717) is 35.6 Å². The first kappa shape index (κ1) is 27.3. The molecule has 9 nitrogen and oxygen atoms in total. The number of rotatable bonds is 8. The smallest absolute Gasteiger partial charge is 0.143 e. The summed E-state index contributed by atoms with van der Waals surface area (Å²) in [5.74, 6) is 1.90. The summed E-state index contributed by atoms with van der Waals surface area (Å²) in [5.41, 5.74) is 3.83. The molecule has 0 spiro atoms. The van der Waals surface area contributed by atoms with Gasteiger partial charge in [0.25, 0.3) is 0 Å². The molecule has 0 radical (unpaired) electrons. The Balaban J connectivity index is 0.000000786. The van der Waals surface area contributed by atoms with Crippen LogP contribution in [0.25, 0.3) is 11.0 Å². The number of nitrogens with zero attached hydrogens (tertiary/aromatic N) is 5. The second kappa shape index (κ2) is 12.7. The summed E-state index contributed by atoms with van der Waals surface area (Å²) >= 11 is 6.55. The summed E-state index contributed by atoms with van der Waals surface area (Å²) in [6, 6.07) is 6.05. The van der Waals surface area contributed by atoms with Gasteiger partial charge < -0.3 is 24.5 Å². The number of likely N-dealkylation sites (tertiary alicyclic amines) is 1. The van der Waals surface area contributed by atoms with Gasteiger partial charge in [0, 0.05) is 24.1 Å². The number of benzene rings is 1. The second-order valence-electron chi connectivity index (χ2n) is 9.60. The van der Waals surface area contributed by atoms with Crippen molar-refractivity contribution >= 4 is 40.4 Å². The molecule has 0 amide bonds. The van der Waals surface area contributed by atoms with Crippen molar-refractivity contribution < 1.29 is 9.53 Å². The van der Waals surface area contributed by atoms with Gasteiger partial charge in [-0.3, -0.25) is 4.79 Å². The van der Waals surface area contributed by atoms with Crippen molar-refractivity contribution in [2.24, 2.45) is 0 Å². The summed E-state index contributed by atoms with van der Waals surface area (Å²) in [5, 5.41) is 5.02. The van der Waals surface area contributed by atoms with Gasteiger partial charge >= 0.3 is 0 Å². The van der Waals surface area contributed by atoms with Crippen molar-refractivity contribution in [2.45, 2.75) is 45.3 Å². The predicted octanol–water partition coefficient (Wildman–Crippen LogP) is 5.89. The largest absolute Gasteiger partial charge is 0.486 e. The van der Waals surface area contributed by atoms with Crippen LogP contribution in [-0.2, 0) is 11.4 Å². The summed E-state index contributed by atoms with van der Waals surface area (Å²) in [7, 11) is 2.18. The highest BCUT2D eigenvalue weighted by Gasteiger charge is 2.23. The topological polar surface area (TPSA) is 101 Å². The van der Waals surface area contributed by atoms with Gasteiger partial charge in [-0.1, -0.05) is 18.2 Å². The number of imidazole rings is 1. The lowest BCUT2D eigenvalue weighted by atomic mass is 9.90. The van der Waals surface area contributed by atoms with Crippen LogP contribution in [0.1, 0.15) is 49.9 Å². The molecule has 10 heteroatoms. The maximum absolute atomic E-state index is 9.06. The van der Waals surface area contributed by atoms with E-state index in [4.69, 9.17) is 21.1 Å². The monoisotopic (exact) mass is 535 g/mol. The van der Waals surface area contributed by atoms with E-state index in [9.17, 15) is 0 Å². The molecule has 1 aromatic carbocycles. The van der Waals surface area contributed by atoms with Crippen molar-refractivity contribution in [3.63, 3.8) is 0 Å². The molecule has 0 atom stereocenters. The lowest BCUT2D eigenvalue weighted by Crippen LogP contribution is -2.29. The molecule has 4 heterocycles. The Hall–Kier alpha value is -3.69. The van der Waals surface area contributed by atoms with Gasteiger partial charge in [0.05, 0.1) is 22.4 Å². The predicted molar refractivity (Wildman–Crippen MR) is 151 cm³/mol. The van der Waals surface area contributed by atoms with Crippen molar-refractivity contribution in [3.8, 4) is 5.75 Å². The Kier molecular flexibility index (Phi) is 9.15. The first-order valence-corrected chi connectivity index (χ1v) is 13.1. The standard InChI is InChI=1S/C25H30ClN7O.C3H4O/c1-16(2)33-12-19(30-15-33)13-34-22-5-4-18(10-21(22)26)31-25-23-20(11-27-24(23)28-14-29-25)17-6-8-32(3)9-7-17;1-2-3-4/h4-5,10-12,14-17H,6-9,13H2,1-3H3,(H2,27,28,29,31);2-3H,1H2. The number of anilines is 2. The van der Waals surface area contributed by atoms with Crippen LogP contribution >= 0.6 is 11.6 Å². The highest BCUT2D eigenvalue weighted by molar-refractivity contribution is 6.32. The molecule has 38 heavy (non-hydrogen) atoms. The van der Waals surface area contributed by atoms with Crippen LogP contribution in [0.15, 0.2) is 55.9 Å². The van der Waals surface area contributed by atoms with E-state index >= 15 is 0 Å². The number of H-pyrrole nitrogens is 1. The number of allylic oxidation sites excluding steroid dienone is 1. The maximum Gasteiger partial charge on any atom is 0.143 e. The van der Waals surface area contributed by atoms with E-state index in [1.807, 2.05) is 30.7 Å². The van der Waals surface area contributed by atoms with Crippen molar-refractivity contribution in [2.75, 3.05) is 25.5 Å². The van der Waals surface area contributed by atoms with Crippen molar-refractivity contribution in [3.05, 3.63) is 72.2 Å². The quantitative estimate of drug-likeness (QED) is 0.214. The Morgan fingerprint density at radius 3 is 2.68 bits per heavy atom. The summed E-state index contributed by atoms with van der Waals surface area (Å²) in [4.78, 5) is 28.1. The van der Waals surface area contributed by atoms with Gasteiger partial charge in [0.1, 0.15) is 36.4 Å². The molecule has 1 saturated heterocycles. The van der Waals surface area contributed by atoms with Crippen LogP contribution in [0, 0.1) is 0 Å². The number of aromatic amines is 1. The van der Waals surface area contributed by atoms with Crippen LogP contribution in [0.3, 0.4) is 0 Å². The number of aromatic nitrogens is 5. The van der Waals surface area contributed by atoms with E-state index in [-0.39, 0.29) is 0 Å². The summed E-state index contributed by atoms with van der Waals surface area (Å²) < 4.78 is 7.97. The van der Waals surface area contributed by atoms with E-state index in [1.165, 1.54) is 11.6 Å². The minimum Gasteiger partial charge on any atom is -0.486 e. The Labute approximate surface area is 227 Å². The van der Waals surface area contributed by atoms with Gasteiger partial charge in [-0.05, 0) is 82.6 Å². The van der Waals surface area contributed by atoms with Crippen LogP contribution < -0.4 is 10.1 Å². The molecule has 4 aromatic rings. The van der Waals surface area contributed by atoms with Crippen LogP contribution in [0.5, 0.6) is 5.75 Å². The molecule has 200 valence electrons. The molecule has 2 N–H and O–H groups in total. The normalized spacial score (nSPS) is 14.2. The molecule has 5 rings (SSSR count). The zero-order valence-electron chi connectivity index (χ0n) is 22.0. The van der Waals surface area contributed by atoms with Gasteiger partial charge in [0.15, 0.2) is 0 Å². The number of carbonyl (C=O) groups excluding carboxylic acids is 1.